The number of hydrogen-bond donors (Lipinski definition) is 1. The molecule has 0 fully saturated rings. The molecule has 0 unspecified atom stereocenters. The number of tetrazole rings is 1. The Morgan fingerprint density at radius 1 is 1.44 bits per heavy atom. The van der Waals surface area contributed by atoms with Crippen molar-refractivity contribution in [3.05, 3.63) is 22.4 Å². The third-order valence-electron chi connectivity index (χ3n) is 3.39. The summed E-state index contributed by atoms with van der Waals surface area (Å²) in [5.41, 5.74) is 0. The highest BCUT2D eigenvalue weighted by Gasteiger charge is 2.18. The maximum atomic E-state index is 12.4. The predicted octanol–water partition coefficient (Wildman–Crippen LogP) is 1.57. The lowest BCUT2D eigenvalue weighted by Crippen LogP contribution is -2.41. The molecule has 25 heavy (non-hydrogen) atoms. The highest BCUT2D eigenvalue weighted by Crippen LogP contribution is 2.17. The summed E-state index contributed by atoms with van der Waals surface area (Å²) in [7, 11) is 0. The molecule has 2 amide bonds. The van der Waals surface area contributed by atoms with Crippen LogP contribution in [0.2, 0.25) is 0 Å². The number of nitrogens with one attached hydrogen (secondary N) is 1. The van der Waals surface area contributed by atoms with Crippen molar-refractivity contribution in [1.29, 1.82) is 0 Å². The van der Waals surface area contributed by atoms with Gasteiger partial charge in [-0.1, -0.05) is 17.8 Å². The number of aromatic nitrogens is 4. The van der Waals surface area contributed by atoms with Gasteiger partial charge in [-0.3, -0.25) is 9.59 Å². The van der Waals surface area contributed by atoms with Gasteiger partial charge in [0.1, 0.15) is 0 Å². The molecule has 0 radical (unpaired) electrons. The zero-order chi connectivity index (χ0) is 18.2. The molecule has 2 rings (SSSR count). The van der Waals surface area contributed by atoms with E-state index in [1.807, 2.05) is 38.3 Å². The van der Waals surface area contributed by atoms with Crippen molar-refractivity contribution < 1.29 is 9.59 Å². The molecule has 0 bridgehead atoms. The normalized spacial score (nSPS) is 10.9. The number of amides is 2. The van der Waals surface area contributed by atoms with Crippen LogP contribution in [-0.4, -0.2) is 55.8 Å². The number of carbonyl (C=O) groups excluding carboxylic acids is 2. The van der Waals surface area contributed by atoms with E-state index in [0.717, 1.165) is 4.88 Å². The van der Waals surface area contributed by atoms with Crippen molar-refractivity contribution >= 4 is 34.9 Å². The van der Waals surface area contributed by atoms with Crippen LogP contribution in [0.4, 0.5) is 0 Å². The zero-order valence-electron chi connectivity index (χ0n) is 14.5. The molecule has 0 spiro atoms. The summed E-state index contributed by atoms with van der Waals surface area (Å²) in [5.74, 6) is -0.0863. The minimum Gasteiger partial charge on any atom is -0.350 e. The number of thiophene rings is 1. The number of nitrogens with zero attached hydrogens (tertiary/aromatic N) is 5. The Hall–Kier alpha value is -1.94. The Morgan fingerprint density at radius 2 is 2.24 bits per heavy atom. The van der Waals surface area contributed by atoms with E-state index >= 15 is 0 Å². The van der Waals surface area contributed by atoms with Gasteiger partial charge in [-0.15, -0.1) is 16.4 Å². The van der Waals surface area contributed by atoms with Gasteiger partial charge in [0.15, 0.2) is 0 Å². The lowest BCUT2D eigenvalue weighted by Gasteiger charge is -2.20. The lowest BCUT2D eigenvalue weighted by atomic mass is 10.4. The molecule has 10 heteroatoms. The quantitative estimate of drug-likeness (QED) is 0.662. The van der Waals surface area contributed by atoms with Crippen molar-refractivity contribution in [2.75, 3.05) is 18.8 Å². The van der Waals surface area contributed by atoms with Gasteiger partial charge in [-0.2, -0.15) is 0 Å². The molecule has 0 aliphatic heterocycles. The maximum Gasteiger partial charge on any atom is 0.239 e. The van der Waals surface area contributed by atoms with E-state index in [1.165, 1.54) is 16.7 Å². The third kappa shape index (κ3) is 5.82. The fourth-order valence-electron chi connectivity index (χ4n) is 2.03. The summed E-state index contributed by atoms with van der Waals surface area (Å²) in [5, 5.41) is 16.9. The Kier molecular flexibility index (Phi) is 7.38. The first-order valence-corrected chi connectivity index (χ1v) is 9.85. The molecule has 0 saturated heterocycles. The highest BCUT2D eigenvalue weighted by molar-refractivity contribution is 7.99. The van der Waals surface area contributed by atoms with Crippen LogP contribution in [0.3, 0.4) is 0 Å². The first-order chi connectivity index (χ1) is 12.0. The van der Waals surface area contributed by atoms with E-state index in [0.29, 0.717) is 18.2 Å². The van der Waals surface area contributed by atoms with Gasteiger partial charge in [0, 0.05) is 11.4 Å². The first-order valence-electron chi connectivity index (χ1n) is 7.98. The number of carbonyl (C=O) groups is 2. The Labute approximate surface area is 155 Å². The summed E-state index contributed by atoms with van der Waals surface area (Å²) in [6.07, 6.45) is 0. The van der Waals surface area contributed by atoms with E-state index in [2.05, 4.69) is 20.8 Å². The van der Waals surface area contributed by atoms with E-state index in [-0.39, 0.29) is 30.2 Å². The summed E-state index contributed by atoms with van der Waals surface area (Å²) in [6.45, 7) is 6.81. The topological polar surface area (TPSA) is 93.0 Å². The SMILES string of the molecule is CCN(CC(=O)NCc1cccs1)C(=O)CSc1nnnn1C(C)C. The first kappa shape index (κ1) is 19.4. The summed E-state index contributed by atoms with van der Waals surface area (Å²) >= 11 is 2.86. The molecule has 2 aromatic heterocycles. The largest absolute Gasteiger partial charge is 0.350 e. The summed E-state index contributed by atoms with van der Waals surface area (Å²) < 4.78 is 1.67. The molecule has 0 atom stereocenters. The van der Waals surface area contributed by atoms with Crippen LogP contribution in [0.25, 0.3) is 0 Å². The van der Waals surface area contributed by atoms with Crippen LogP contribution in [0, 0.1) is 0 Å². The number of hydrogen-bond acceptors (Lipinski definition) is 7. The molecule has 0 aromatic carbocycles. The predicted molar refractivity (Wildman–Crippen MR) is 97.3 cm³/mol. The molecule has 136 valence electrons. The van der Waals surface area contributed by atoms with Crippen molar-refractivity contribution in [3.63, 3.8) is 0 Å². The Morgan fingerprint density at radius 3 is 2.88 bits per heavy atom. The molecule has 2 aromatic rings. The molecular weight excluding hydrogens is 360 g/mol. The van der Waals surface area contributed by atoms with Crippen LogP contribution < -0.4 is 5.32 Å². The maximum absolute atomic E-state index is 12.4. The fraction of sp³-hybridized carbons (Fsp3) is 0.533. The van der Waals surface area contributed by atoms with Gasteiger partial charge in [0.25, 0.3) is 0 Å². The second-order valence-corrected chi connectivity index (χ2v) is 7.53. The monoisotopic (exact) mass is 382 g/mol. The highest BCUT2D eigenvalue weighted by atomic mass is 32.2. The van der Waals surface area contributed by atoms with E-state index in [4.69, 9.17) is 0 Å². The molecule has 0 aliphatic carbocycles. The average Bonchev–Trinajstić information content (AvgIpc) is 3.26. The second-order valence-electron chi connectivity index (χ2n) is 5.55. The van der Waals surface area contributed by atoms with Gasteiger partial charge in [-0.25, -0.2) is 4.68 Å². The molecule has 0 saturated carbocycles. The van der Waals surface area contributed by atoms with E-state index in [9.17, 15) is 9.59 Å². The molecule has 1 N–H and O–H groups in total. The van der Waals surface area contributed by atoms with Crippen LogP contribution >= 0.6 is 23.1 Å². The van der Waals surface area contributed by atoms with Crippen LogP contribution in [0.15, 0.2) is 22.7 Å². The van der Waals surface area contributed by atoms with E-state index < -0.39 is 0 Å². The van der Waals surface area contributed by atoms with Crippen molar-refractivity contribution in [1.82, 2.24) is 30.4 Å². The summed E-state index contributed by atoms with van der Waals surface area (Å²) in [4.78, 5) is 27.0. The van der Waals surface area contributed by atoms with Gasteiger partial charge < -0.3 is 10.2 Å². The smallest absolute Gasteiger partial charge is 0.239 e. The number of rotatable bonds is 9. The molecule has 0 aliphatic rings. The minimum absolute atomic E-state index is 0.0520. The van der Waals surface area contributed by atoms with Crippen molar-refractivity contribution in [2.45, 2.75) is 38.5 Å². The standard InChI is InChI=1S/C15H22N6O2S2/c1-4-20(9-13(22)16-8-12-6-5-7-24-12)14(23)10-25-15-17-18-19-21(15)11(2)3/h5-7,11H,4,8-10H2,1-3H3,(H,16,22). The average molecular weight is 383 g/mol. The van der Waals surface area contributed by atoms with Crippen LogP contribution in [-0.2, 0) is 16.1 Å². The van der Waals surface area contributed by atoms with Gasteiger partial charge in [-0.05, 0) is 42.6 Å². The Bertz CT molecular complexity index is 686. The molecular formula is C15H22N6O2S2. The molecule has 2 heterocycles. The fourth-order valence-corrected chi connectivity index (χ4v) is 3.58. The number of likely N-dealkylation sites (N-methyl/N-ethyl adjacent to an activating group) is 1. The minimum atomic E-state index is -0.166. The van der Waals surface area contributed by atoms with Gasteiger partial charge in [0.05, 0.1) is 24.9 Å². The zero-order valence-corrected chi connectivity index (χ0v) is 16.1. The number of thioether (sulfide) groups is 1. The van der Waals surface area contributed by atoms with Crippen LogP contribution in [0.5, 0.6) is 0 Å². The lowest BCUT2D eigenvalue weighted by molar-refractivity contribution is -0.133. The third-order valence-corrected chi connectivity index (χ3v) is 5.18. The van der Waals surface area contributed by atoms with Crippen molar-refractivity contribution in [2.24, 2.45) is 0 Å². The van der Waals surface area contributed by atoms with Gasteiger partial charge >= 0.3 is 0 Å². The van der Waals surface area contributed by atoms with E-state index in [1.54, 1.807) is 16.0 Å². The molecule has 8 nitrogen and oxygen atoms in total. The second kappa shape index (κ2) is 9.52. The van der Waals surface area contributed by atoms with Crippen LogP contribution in [0.1, 0.15) is 31.7 Å². The summed E-state index contributed by atoms with van der Waals surface area (Å²) in [6, 6.07) is 4.03. The van der Waals surface area contributed by atoms with Gasteiger partial charge in [0.2, 0.25) is 17.0 Å². The van der Waals surface area contributed by atoms with Crippen molar-refractivity contribution in [3.8, 4) is 0 Å². The Balaban J connectivity index is 1.81.